The highest BCUT2D eigenvalue weighted by atomic mass is 32.2. The van der Waals surface area contributed by atoms with Gasteiger partial charge in [-0.2, -0.15) is 0 Å². The first kappa shape index (κ1) is 101. The van der Waals surface area contributed by atoms with Crippen LogP contribution in [0.3, 0.4) is 0 Å². The SMILES string of the molecule is CCN1CCN(c2c(F)cccc2C2SC(CC(=O)N3CCC(n4c(=O)[nH]c5ncccc54)CC3)C(=O)N2CCC(C)(C)C)CC1.CN1CCN(c2cccc(F)c2C2SC(CC(=O)N3CCC(n4c(=O)[nH]c5ccccc54)CC3)C(=O)N2CCC(C)(C)C)CC1.CN1CCN(c2cccc(F)c2C2SC(CC(=O)N3CCC(n4cc(-c5ccccc5)[nH]c4=O)CC3)C(=O)N2CCC(C)(C)C)CC1.[HH].[HH].[HH]. The zero-order chi connectivity index (χ0) is 97.8. The number of anilines is 3. The van der Waals surface area contributed by atoms with E-state index in [-0.39, 0.29) is 133 Å². The topological polar surface area (TPSA) is 268 Å². The summed E-state index contributed by atoms with van der Waals surface area (Å²) in [7, 11) is 4.19. The number of thioether (sulfide) groups is 3. The number of amides is 6. The Morgan fingerprint density at radius 1 is 0.420 bits per heavy atom. The van der Waals surface area contributed by atoms with Gasteiger partial charge in [-0.15, -0.1) is 35.3 Å². The molecular formula is C104H144F3N19O9S3. The Hall–Kier alpha value is -10.3. The monoisotopic (exact) mass is 1960 g/mol. The highest BCUT2D eigenvalue weighted by molar-refractivity contribution is 8.01. The van der Waals surface area contributed by atoms with Gasteiger partial charge in [0.15, 0.2) is 5.65 Å². The summed E-state index contributed by atoms with van der Waals surface area (Å²) in [5.41, 5.74) is 8.49. The van der Waals surface area contributed by atoms with E-state index in [1.54, 1.807) is 33.5 Å². The molecule has 0 aliphatic carbocycles. The van der Waals surface area contributed by atoms with Crippen LogP contribution >= 0.6 is 35.3 Å². The fourth-order valence-electron chi connectivity index (χ4n) is 20.7. The number of pyridine rings is 1. The number of nitrogens with zero attached hydrogens (tertiary/aromatic N) is 16. The van der Waals surface area contributed by atoms with E-state index in [2.05, 4.69) is 133 Å². The summed E-state index contributed by atoms with van der Waals surface area (Å²) < 4.78 is 52.5. The number of halogens is 3. The molecule has 9 fully saturated rings. The highest BCUT2D eigenvalue weighted by Gasteiger charge is 2.50. The van der Waals surface area contributed by atoms with Crippen molar-refractivity contribution in [3.8, 4) is 11.3 Å². The molecule has 9 aliphatic rings. The van der Waals surface area contributed by atoms with Crippen LogP contribution in [-0.4, -0.2) is 287 Å². The summed E-state index contributed by atoms with van der Waals surface area (Å²) in [6, 6.07) is 36.7. The van der Waals surface area contributed by atoms with Crippen molar-refractivity contribution >= 4 is 110 Å². The van der Waals surface area contributed by atoms with E-state index in [1.165, 1.54) is 53.5 Å². The highest BCUT2D eigenvalue weighted by Crippen LogP contribution is 2.53. The van der Waals surface area contributed by atoms with Crippen LogP contribution in [0.15, 0.2) is 148 Å². The zero-order valence-electron chi connectivity index (χ0n) is 82.1. The number of benzene rings is 5. The Labute approximate surface area is 824 Å². The van der Waals surface area contributed by atoms with E-state index < -0.39 is 26.5 Å². The first-order chi connectivity index (χ1) is 66.0. The maximum atomic E-state index is 15.8. The van der Waals surface area contributed by atoms with Gasteiger partial charge in [0, 0.05) is 220 Å². The second-order valence-corrected chi connectivity index (χ2v) is 46.0. The zero-order valence-corrected chi connectivity index (χ0v) is 84.6. The molecule has 9 aliphatic heterocycles. The molecule has 138 heavy (non-hydrogen) atoms. The summed E-state index contributed by atoms with van der Waals surface area (Å²) in [4.78, 5) is 159. The lowest BCUT2D eigenvalue weighted by Gasteiger charge is -2.38. The molecule has 9 aromatic rings. The number of aromatic nitrogens is 7. The third-order valence-electron chi connectivity index (χ3n) is 29.0. The third-order valence-corrected chi connectivity index (χ3v) is 33.3. The maximum absolute atomic E-state index is 15.8. The molecular weight excluding hydrogens is 1810 g/mol. The Bertz CT molecular complexity index is 6000. The smallest absolute Gasteiger partial charge is 0.327 e. The first-order valence-corrected chi connectivity index (χ1v) is 52.4. The number of hydrogen-bond acceptors (Lipinski definition) is 19. The second-order valence-electron chi connectivity index (χ2n) is 42.2. The summed E-state index contributed by atoms with van der Waals surface area (Å²) in [6.45, 7) is 37.0. The molecule has 748 valence electrons. The maximum Gasteiger partial charge on any atom is 0.327 e. The number of hydrogen-bond donors (Lipinski definition) is 3. The fraction of sp³-hybridized carbons (Fsp3) is 0.558. The van der Waals surface area contributed by atoms with Crippen LogP contribution in [0.1, 0.15) is 202 Å². The number of carbonyl (C=O) groups is 6. The van der Waals surface area contributed by atoms with E-state index in [4.69, 9.17) is 0 Å². The molecule has 4 aromatic heterocycles. The molecule has 0 radical (unpaired) electrons. The number of para-hydroxylation sites is 3. The van der Waals surface area contributed by atoms with E-state index in [0.717, 1.165) is 149 Å². The largest absolute Gasteiger partial charge is 0.369 e. The molecule has 34 heteroatoms. The standard InChI is InChI=1S/C36H47FN6O3S.C34H46FN7O3S.C34H45FN6O3S.3H2/c1-36(2,3)15-18-42-33(45)30(47-34(42)32-27(37)11-8-12-29(32)40-21-19-39(4)20-22-40)23-31(44)41-16-13-26(14-17-41)43-24-28(38-35(43)46)25-9-6-5-7-10-25;1-5-38-18-20-40(21-19-38)29-24(8-6-9-25(29)35)32-41(17-13-34(2,3)4)31(44)27(46-32)22-28(43)39-15-11-23(12-16-39)42-26-10-7-14-36-30(26)37-33(42)45;1-34(2,3)14-17-40-31(43)28(45-32(40)30-24(35)8-7-11-27(30)38-20-18-37(4)19-21-38)22-29(42)39-15-12-23(13-16-39)41-26-10-6-5-9-25(26)36-33(41)44;;;/h5-12,24,26,30,34H,13-23H2,1-4H3,(H,38,46);6-10,14,23,27,32H,5,11-13,15-22H2,1-4H3,(H,36,37,45);5-11,23,28,32H,12-22H2,1-4H3,(H,36,44);3*1H. The number of rotatable bonds is 23. The second kappa shape index (κ2) is 43.5. The fourth-order valence-corrected chi connectivity index (χ4v) is 25.2. The van der Waals surface area contributed by atoms with Crippen molar-refractivity contribution in [1.82, 2.24) is 77.7 Å². The van der Waals surface area contributed by atoms with Gasteiger partial charge in [0.25, 0.3) is 0 Å². The predicted molar refractivity (Wildman–Crippen MR) is 551 cm³/mol. The van der Waals surface area contributed by atoms with Crippen molar-refractivity contribution in [1.29, 1.82) is 0 Å². The van der Waals surface area contributed by atoms with Crippen LogP contribution in [0.25, 0.3) is 33.5 Å². The molecule has 0 saturated carbocycles. The molecule has 0 bridgehead atoms. The first-order valence-electron chi connectivity index (χ1n) is 49.5. The molecule has 3 N–H and O–H groups in total. The Kier molecular flexibility index (Phi) is 31.7. The van der Waals surface area contributed by atoms with E-state index in [0.29, 0.717) is 120 Å². The van der Waals surface area contributed by atoms with Crippen molar-refractivity contribution in [3.05, 3.63) is 199 Å². The summed E-state index contributed by atoms with van der Waals surface area (Å²) in [6.07, 6.45) is 10.1. The normalized spacial score (nSPS) is 21.9. The molecule has 6 unspecified atom stereocenters. The van der Waals surface area contributed by atoms with Crippen LogP contribution < -0.4 is 31.8 Å². The van der Waals surface area contributed by atoms with Gasteiger partial charge in [0.05, 0.1) is 43.7 Å². The lowest BCUT2D eigenvalue weighted by Crippen LogP contribution is -2.47. The molecule has 9 saturated heterocycles. The number of piperazine rings is 3. The van der Waals surface area contributed by atoms with E-state index >= 15 is 13.2 Å². The number of likely N-dealkylation sites (N-methyl/N-ethyl adjacent to an activating group) is 3. The molecule has 0 spiro atoms. The number of imidazole rings is 3. The van der Waals surface area contributed by atoms with Gasteiger partial charge in [-0.05, 0) is 155 Å². The number of carbonyl (C=O) groups excluding carboxylic acids is 6. The molecule has 18 rings (SSSR count). The van der Waals surface area contributed by atoms with Gasteiger partial charge in [-0.25, -0.2) is 32.5 Å². The van der Waals surface area contributed by atoms with Crippen molar-refractivity contribution < 1.29 is 46.2 Å². The Morgan fingerprint density at radius 3 is 1.30 bits per heavy atom. The number of nitrogens with one attached hydrogen (secondary N) is 3. The van der Waals surface area contributed by atoms with Crippen LogP contribution in [0.2, 0.25) is 0 Å². The Morgan fingerprint density at radius 2 is 0.826 bits per heavy atom. The predicted octanol–water partition coefficient (Wildman–Crippen LogP) is 15.6. The van der Waals surface area contributed by atoms with Crippen LogP contribution in [0.5, 0.6) is 0 Å². The van der Waals surface area contributed by atoms with Gasteiger partial charge >= 0.3 is 17.1 Å². The van der Waals surface area contributed by atoms with Gasteiger partial charge in [-0.1, -0.05) is 136 Å². The minimum Gasteiger partial charge on any atom is -0.369 e. The van der Waals surface area contributed by atoms with Crippen molar-refractivity contribution in [2.75, 3.05) is 173 Å². The van der Waals surface area contributed by atoms with Crippen molar-refractivity contribution in [2.24, 2.45) is 16.2 Å². The Balaban J connectivity index is 0.000000176. The summed E-state index contributed by atoms with van der Waals surface area (Å²) >= 11 is 4.32. The molecule has 6 amide bonds. The van der Waals surface area contributed by atoms with Gasteiger partial charge in [0.1, 0.15) is 33.6 Å². The number of piperidine rings is 3. The number of likely N-dealkylation sites (tertiary alicyclic amines) is 3. The van der Waals surface area contributed by atoms with Crippen molar-refractivity contribution in [3.63, 3.8) is 0 Å². The van der Waals surface area contributed by atoms with E-state index in [9.17, 15) is 43.2 Å². The molecule has 13 heterocycles. The van der Waals surface area contributed by atoms with Crippen LogP contribution in [-0.2, 0) is 28.8 Å². The van der Waals surface area contributed by atoms with E-state index in [1.807, 2.05) is 125 Å². The number of aromatic amines is 3. The third kappa shape index (κ3) is 23.3. The van der Waals surface area contributed by atoms with Crippen LogP contribution in [0.4, 0.5) is 30.2 Å². The molecule has 28 nitrogen and oxygen atoms in total. The van der Waals surface area contributed by atoms with Gasteiger partial charge < -0.3 is 68.8 Å². The average molecular weight is 1960 g/mol. The van der Waals surface area contributed by atoms with Gasteiger partial charge in [0.2, 0.25) is 35.4 Å². The summed E-state index contributed by atoms with van der Waals surface area (Å²) in [5.74, 6) is -1.28. The number of fused-ring (bicyclic) bond motifs is 2. The van der Waals surface area contributed by atoms with Crippen LogP contribution in [0, 0.1) is 33.7 Å². The molecule has 5 aromatic carbocycles. The summed E-state index contributed by atoms with van der Waals surface area (Å²) in [5, 5.41) is -3.04. The minimum absolute atomic E-state index is 0. The quantitative estimate of drug-likeness (QED) is 0.0537. The van der Waals surface area contributed by atoms with Crippen molar-refractivity contribution in [2.45, 2.75) is 196 Å². The average Bonchev–Trinajstić information content (AvgIpc) is 1.65. The minimum atomic E-state index is -0.578. The molecule has 6 atom stereocenters. The number of H-pyrrole nitrogens is 3. The lowest BCUT2D eigenvalue weighted by atomic mass is 9.92. The van der Waals surface area contributed by atoms with Gasteiger partial charge in [-0.3, -0.25) is 47.5 Å². The lowest BCUT2D eigenvalue weighted by molar-refractivity contribution is -0.137.